The van der Waals surface area contributed by atoms with Crippen molar-refractivity contribution in [2.24, 2.45) is 0 Å². The van der Waals surface area contributed by atoms with Crippen LogP contribution in [0.1, 0.15) is 17.5 Å². The number of ether oxygens (including phenoxy) is 2. The van der Waals surface area contributed by atoms with Crippen molar-refractivity contribution in [2.45, 2.75) is 6.42 Å². The lowest BCUT2D eigenvalue weighted by atomic mass is 10.0. The van der Waals surface area contributed by atoms with Crippen molar-refractivity contribution in [3.05, 3.63) is 53.3 Å². The molecule has 1 amide bonds. The first kappa shape index (κ1) is 13.8. The van der Waals surface area contributed by atoms with Gasteiger partial charge in [0.2, 0.25) is 0 Å². The Morgan fingerprint density at radius 2 is 1.87 bits per heavy atom. The number of carbonyl (C=O) groups is 1. The van der Waals surface area contributed by atoms with E-state index in [1.165, 1.54) is 12.1 Å². The van der Waals surface area contributed by atoms with Gasteiger partial charge in [-0.1, -0.05) is 6.07 Å². The molecule has 4 nitrogen and oxygen atoms in total. The molecule has 1 N–H and O–H groups in total. The lowest BCUT2D eigenvalue weighted by Gasteiger charge is -2.08. The van der Waals surface area contributed by atoms with Crippen molar-refractivity contribution in [1.82, 2.24) is 0 Å². The summed E-state index contributed by atoms with van der Waals surface area (Å²) in [5, 5.41) is 2.74. The maximum absolute atomic E-state index is 13.5. The number of anilines is 1. The number of hydrogen-bond acceptors (Lipinski definition) is 3. The average molecular weight is 311 g/mol. The predicted molar refractivity (Wildman–Crippen MR) is 84.9 cm³/mol. The van der Waals surface area contributed by atoms with Crippen LogP contribution in [-0.4, -0.2) is 19.1 Å². The molecular formula is C18H14FNO3. The fourth-order valence-corrected chi connectivity index (χ4v) is 2.74. The maximum Gasteiger partial charge on any atom is 0.256 e. The Morgan fingerprint density at radius 3 is 2.74 bits per heavy atom. The summed E-state index contributed by atoms with van der Waals surface area (Å²) in [4.78, 5) is 12.1. The van der Waals surface area contributed by atoms with E-state index in [2.05, 4.69) is 5.32 Å². The summed E-state index contributed by atoms with van der Waals surface area (Å²) in [7, 11) is 0. The first-order chi connectivity index (χ1) is 11.2. The summed E-state index contributed by atoms with van der Waals surface area (Å²) in [6.45, 7) is 1.23. The van der Waals surface area contributed by atoms with E-state index < -0.39 is 0 Å². The van der Waals surface area contributed by atoms with Crippen molar-refractivity contribution in [2.75, 3.05) is 18.5 Å². The van der Waals surface area contributed by atoms with Crippen LogP contribution in [0.2, 0.25) is 0 Å². The van der Waals surface area contributed by atoms with E-state index in [4.69, 9.17) is 9.47 Å². The Bertz CT molecular complexity index is 829. The molecule has 0 unspecified atom stereocenters. The molecule has 0 aliphatic carbocycles. The highest BCUT2D eigenvalue weighted by Gasteiger charge is 2.24. The zero-order valence-electron chi connectivity index (χ0n) is 12.3. The smallest absolute Gasteiger partial charge is 0.256 e. The largest absolute Gasteiger partial charge is 0.490 e. The van der Waals surface area contributed by atoms with E-state index in [0.717, 1.165) is 12.0 Å². The molecule has 2 aliphatic heterocycles. The normalized spacial score (nSPS) is 17.6. The Balaban J connectivity index is 1.75. The van der Waals surface area contributed by atoms with Gasteiger partial charge in [-0.15, -0.1) is 0 Å². The van der Waals surface area contributed by atoms with E-state index in [9.17, 15) is 9.18 Å². The minimum Gasteiger partial charge on any atom is -0.490 e. The molecular weight excluding hydrogens is 297 g/mol. The molecule has 0 bridgehead atoms. The molecule has 0 fully saturated rings. The molecule has 0 saturated carbocycles. The zero-order chi connectivity index (χ0) is 15.8. The molecule has 0 atom stereocenters. The molecule has 2 aromatic rings. The number of hydrogen-bond donors (Lipinski definition) is 1. The number of benzene rings is 2. The summed E-state index contributed by atoms with van der Waals surface area (Å²) in [5.41, 5.74) is 2.43. The first-order valence-electron chi connectivity index (χ1n) is 7.43. The second-order valence-corrected chi connectivity index (χ2v) is 5.46. The molecule has 2 aliphatic rings. The highest BCUT2D eigenvalue weighted by Crippen LogP contribution is 2.35. The van der Waals surface area contributed by atoms with Crippen LogP contribution in [0.3, 0.4) is 0 Å². The molecule has 0 aromatic heterocycles. The predicted octanol–water partition coefficient (Wildman–Crippen LogP) is 3.48. The van der Waals surface area contributed by atoms with Crippen LogP contribution < -0.4 is 14.8 Å². The maximum atomic E-state index is 13.5. The molecule has 116 valence electrons. The highest BCUT2D eigenvalue weighted by atomic mass is 19.1. The van der Waals surface area contributed by atoms with Crippen molar-refractivity contribution in [3.63, 3.8) is 0 Å². The van der Waals surface area contributed by atoms with Gasteiger partial charge in [-0.3, -0.25) is 4.79 Å². The quantitative estimate of drug-likeness (QED) is 0.820. The summed E-state index contributed by atoms with van der Waals surface area (Å²) < 4.78 is 24.7. The van der Waals surface area contributed by atoms with Crippen molar-refractivity contribution in [1.29, 1.82) is 0 Å². The monoisotopic (exact) mass is 311 g/mol. The average Bonchev–Trinajstić information content (AvgIpc) is 2.73. The molecule has 2 heterocycles. The number of carbonyl (C=O) groups excluding carboxylic acids is 1. The SMILES string of the molecule is O=C1Nc2ccc(F)cc2/C1=C\c1ccc2c(c1)OCCCO2. The van der Waals surface area contributed by atoms with Gasteiger partial charge in [-0.25, -0.2) is 4.39 Å². The first-order valence-corrected chi connectivity index (χ1v) is 7.43. The van der Waals surface area contributed by atoms with Crippen LogP contribution >= 0.6 is 0 Å². The lowest BCUT2D eigenvalue weighted by Crippen LogP contribution is -2.03. The molecule has 0 radical (unpaired) electrons. The Labute approximate surface area is 132 Å². The Hall–Kier alpha value is -2.82. The fraction of sp³-hybridized carbons (Fsp3) is 0.167. The van der Waals surface area contributed by atoms with Crippen molar-refractivity contribution < 1.29 is 18.7 Å². The topological polar surface area (TPSA) is 47.6 Å². The van der Waals surface area contributed by atoms with Gasteiger partial charge in [-0.2, -0.15) is 0 Å². The summed E-state index contributed by atoms with van der Waals surface area (Å²) in [6.07, 6.45) is 2.56. The molecule has 4 rings (SSSR count). The van der Waals surface area contributed by atoms with Gasteiger partial charge < -0.3 is 14.8 Å². The van der Waals surface area contributed by atoms with E-state index in [1.54, 1.807) is 12.1 Å². The van der Waals surface area contributed by atoms with Crippen LogP contribution in [0.15, 0.2) is 36.4 Å². The van der Waals surface area contributed by atoms with Gasteiger partial charge in [0, 0.05) is 23.2 Å². The van der Waals surface area contributed by atoms with Gasteiger partial charge in [0.1, 0.15) is 5.82 Å². The van der Waals surface area contributed by atoms with Gasteiger partial charge in [0.25, 0.3) is 5.91 Å². The second kappa shape index (κ2) is 5.43. The second-order valence-electron chi connectivity index (χ2n) is 5.46. The standard InChI is InChI=1S/C18H14FNO3/c19-12-3-4-15-13(10-12)14(18(21)20-15)8-11-2-5-16-17(9-11)23-7-1-6-22-16/h2-5,8-10H,1,6-7H2,(H,20,21)/b14-8+. The number of halogens is 1. The molecule has 0 spiro atoms. The van der Waals surface area contributed by atoms with Gasteiger partial charge >= 0.3 is 0 Å². The number of rotatable bonds is 1. The van der Waals surface area contributed by atoms with Crippen LogP contribution in [-0.2, 0) is 4.79 Å². The molecule has 0 saturated heterocycles. The molecule has 23 heavy (non-hydrogen) atoms. The number of amides is 1. The highest BCUT2D eigenvalue weighted by molar-refractivity contribution is 6.34. The fourth-order valence-electron chi connectivity index (χ4n) is 2.74. The van der Waals surface area contributed by atoms with E-state index in [-0.39, 0.29) is 11.7 Å². The molecule has 5 heteroatoms. The minimum atomic E-state index is -0.371. The van der Waals surface area contributed by atoms with E-state index >= 15 is 0 Å². The van der Waals surface area contributed by atoms with Gasteiger partial charge in [0.15, 0.2) is 11.5 Å². The summed E-state index contributed by atoms with van der Waals surface area (Å²) >= 11 is 0. The van der Waals surface area contributed by atoms with E-state index in [0.29, 0.717) is 41.5 Å². The van der Waals surface area contributed by atoms with Crippen LogP contribution in [0.25, 0.3) is 11.6 Å². The third-order valence-corrected chi connectivity index (χ3v) is 3.85. The van der Waals surface area contributed by atoms with Crippen LogP contribution in [0.5, 0.6) is 11.5 Å². The van der Waals surface area contributed by atoms with Crippen molar-refractivity contribution >= 4 is 23.2 Å². The number of fused-ring (bicyclic) bond motifs is 2. The third kappa shape index (κ3) is 2.54. The van der Waals surface area contributed by atoms with E-state index in [1.807, 2.05) is 18.2 Å². The van der Waals surface area contributed by atoms with Crippen LogP contribution in [0, 0.1) is 5.82 Å². The van der Waals surface area contributed by atoms with Gasteiger partial charge in [0.05, 0.1) is 13.2 Å². The molecule has 2 aromatic carbocycles. The van der Waals surface area contributed by atoms with Crippen molar-refractivity contribution in [3.8, 4) is 11.5 Å². The Kier molecular flexibility index (Phi) is 3.26. The summed E-state index contributed by atoms with van der Waals surface area (Å²) in [5.74, 6) is 0.754. The zero-order valence-corrected chi connectivity index (χ0v) is 12.3. The lowest BCUT2D eigenvalue weighted by molar-refractivity contribution is -0.110. The number of nitrogens with one attached hydrogen (secondary N) is 1. The van der Waals surface area contributed by atoms with Gasteiger partial charge in [-0.05, 0) is 42.0 Å². The Morgan fingerprint density at radius 1 is 1.04 bits per heavy atom. The van der Waals surface area contributed by atoms with Crippen LogP contribution in [0.4, 0.5) is 10.1 Å². The third-order valence-electron chi connectivity index (χ3n) is 3.85. The minimum absolute atomic E-state index is 0.238. The summed E-state index contributed by atoms with van der Waals surface area (Å²) in [6, 6.07) is 9.77.